The number of ketones is 1. The number of nitrogens with zero attached hydrogens (tertiary/aromatic N) is 2. The molecular weight excluding hydrogens is 379 g/mol. The maximum Gasteiger partial charge on any atom is 0.256 e. The molecule has 2 aromatic rings. The number of halogens is 1. The van der Waals surface area contributed by atoms with Gasteiger partial charge in [-0.3, -0.25) is 14.4 Å². The normalized spacial score (nSPS) is 14.6. The number of thiophene rings is 1. The van der Waals surface area contributed by atoms with Gasteiger partial charge in [0.2, 0.25) is 5.91 Å². The Kier molecular flexibility index (Phi) is 6.57. The number of carbonyl (C=O) groups is 3. The van der Waals surface area contributed by atoms with Crippen molar-refractivity contribution in [1.82, 2.24) is 9.80 Å². The molecule has 1 aromatic carbocycles. The van der Waals surface area contributed by atoms with Crippen LogP contribution in [0.25, 0.3) is 0 Å². The van der Waals surface area contributed by atoms with Gasteiger partial charge in [-0.05, 0) is 37.6 Å². The highest BCUT2D eigenvalue weighted by Crippen LogP contribution is 2.18. The maximum absolute atomic E-state index is 13.9. The third kappa shape index (κ3) is 4.84. The van der Waals surface area contributed by atoms with Crippen molar-refractivity contribution in [2.24, 2.45) is 0 Å². The van der Waals surface area contributed by atoms with Crippen molar-refractivity contribution in [3.63, 3.8) is 0 Å². The molecule has 2 heterocycles. The van der Waals surface area contributed by atoms with E-state index in [1.165, 1.54) is 23.5 Å². The first-order chi connectivity index (χ1) is 13.5. The Labute approximate surface area is 167 Å². The van der Waals surface area contributed by atoms with Gasteiger partial charge in [0.25, 0.3) is 5.91 Å². The zero-order valence-corrected chi connectivity index (χ0v) is 16.6. The zero-order chi connectivity index (χ0) is 20.1. The molecule has 1 aliphatic heterocycles. The van der Waals surface area contributed by atoms with Gasteiger partial charge in [0, 0.05) is 43.9 Å². The van der Waals surface area contributed by atoms with Crippen molar-refractivity contribution < 1.29 is 18.8 Å². The molecule has 0 spiro atoms. The summed E-state index contributed by atoms with van der Waals surface area (Å²) in [6.45, 7) is 3.71. The largest absolute Gasteiger partial charge is 0.341 e. The molecule has 3 rings (SSSR count). The predicted molar refractivity (Wildman–Crippen MR) is 106 cm³/mol. The minimum atomic E-state index is -0.535. The lowest BCUT2D eigenvalue weighted by molar-refractivity contribution is -0.131. The minimum Gasteiger partial charge on any atom is -0.341 e. The summed E-state index contributed by atoms with van der Waals surface area (Å²) in [7, 11) is 0. The van der Waals surface area contributed by atoms with Crippen LogP contribution >= 0.6 is 11.3 Å². The summed E-state index contributed by atoms with van der Waals surface area (Å²) >= 11 is 1.44. The van der Waals surface area contributed by atoms with Gasteiger partial charge in [0.15, 0.2) is 5.78 Å². The van der Waals surface area contributed by atoms with Gasteiger partial charge in [0.1, 0.15) is 5.82 Å². The van der Waals surface area contributed by atoms with Gasteiger partial charge >= 0.3 is 0 Å². The monoisotopic (exact) mass is 402 g/mol. The standard InChI is InChI=1S/C21H23FN2O3S/c1-15-7-9-19(28-15)18(25)8-10-20(26)23-11-4-12-24(14-13-23)21(27)16-5-2-3-6-17(16)22/h2-3,5-7,9H,4,8,10-14H2,1H3. The number of carbonyl (C=O) groups excluding carboxylic acids is 3. The quantitative estimate of drug-likeness (QED) is 0.719. The maximum atomic E-state index is 13.9. The zero-order valence-electron chi connectivity index (χ0n) is 15.8. The van der Waals surface area contributed by atoms with Crippen LogP contribution in [-0.4, -0.2) is 53.6 Å². The van der Waals surface area contributed by atoms with E-state index in [1.54, 1.807) is 28.0 Å². The second kappa shape index (κ2) is 9.10. The molecule has 0 radical (unpaired) electrons. The van der Waals surface area contributed by atoms with Crippen molar-refractivity contribution in [3.05, 3.63) is 57.5 Å². The van der Waals surface area contributed by atoms with Crippen molar-refractivity contribution in [3.8, 4) is 0 Å². The minimum absolute atomic E-state index is 0.0161. The summed E-state index contributed by atoms with van der Waals surface area (Å²) in [5.41, 5.74) is 0.0547. The summed E-state index contributed by atoms with van der Waals surface area (Å²) in [5, 5.41) is 0. The van der Waals surface area contributed by atoms with E-state index >= 15 is 0 Å². The highest BCUT2D eigenvalue weighted by atomic mass is 32.1. The smallest absolute Gasteiger partial charge is 0.256 e. The molecule has 0 unspecified atom stereocenters. The van der Waals surface area contributed by atoms with Crippen molar-refractivity contribution in [2.45, 2.75) is 26.2 Å². The van der Waals surface area contributed by atoms with Crippen molar-refractivity contribution in [1.29, 1.82) is 0 Å². The lowest BCUT2D eigenvalue weighted by Gasteiger charge is -2.22. The van der Waals surface area contributed by atoms with Crippen LogP contribution in [0, 0.1) is 12.7 Å². The average Bonchev–Trinajstić information content (AvgIpc) is 2.98. The first-order valence-electron chi connectivity index (χ1n) is 9.37. The summed E-state index contributed by atoms with van der Waals surface area (Å²) in [6, 6.07) is 9.63. The molecule has 1 aliphatic rings. The molecule has 1 fully saturated rings. The molecule has 2 amide bonds. The predicted octanol–water partition coefficient (Wildman–Crippen LogP) is 3.53. The third-order valence-electron chi connectivity index (χ3n) is 4.82. The molecule has 5 nitrogen and oxygen atoms in total. The van der Waals surface area contributed by atoms with E-state index in [2.05, 4.69) is 0 Å². The average molecular weight is 402 g/mol. The van der Waals surface area contributed by atoms with Gasteiger partial charge in [-0.25, -0.2) is 4.39 Å². The number of rotatable bonds is 5. The summed E-state index contributed by atoms with van der Waals surface area (Å²) in [5.74, 6) is -0.984. The lowest BCUT2D eigenvalue weighted by atomic mass is 10.1. The van der Waals surface area contributed by atoms with Crippen LogP contribution in [0.1, 0.15) is 44.2 Å². The second-order valence-electron chi connectivity index (χ2n) is 6.84. The molecule has 0 N–H and O–H groups in total. The molecule has 0 atom stereocenters. The lowest BCUT2D eigenvalue weighted by Crippen LogP contribution is -2.37. The number of benzene rings is 1. The van der Waals surface area contributed by atoms with Crippen LogP contribution in [0.15, 0.2) is 36.4 Å². The molecule has 7 heteroatoms. The fourth-order valence-corrected chi connectivity index (χ4v) is 4.10. The summed E-state index contributed by atoms with van der Waals surface area (Å²) < 4.78 is 13.9. The summed E-state index contributed by atoms with van der Waals surface area (Å²) in [4.78, 5) is 42.3. The van der Waals surface area contributed by atoms with Crippen LogP contribution in [0.3, 0.4) is 0 Å². The Bertz CT molecular complexity index is 880. The number of Topliss-reactive ketones (excluding diaryl/α,β-unsaturated/α-hetero) is 1. The highest BCUT2D eigenvalue weighted by Gasteiger charge is 2.24. The number of aryl methyl sites for hydroxylation is 1. The van der Waals surface area contributed by atoms with Crippen LogP contribution in [0.4, 0.5) is 4.39 Å². The van der Waals surface area contributed by atoms with Crippen molar-refractivity contribution >= 4 is 28.9 Å². The molecule has 1 aromatic heterocycles. The van der Waals surface area contributed by atoms with Gasteiger partial charge < -0.3 is 9.80 Å². The molecular formula is C21H23FN2O3S. The van der Waals surface area contributed by atoms with Gasteiger partial charge in [-0.2, -0.15) is 0 Å². The summed E-state index contributed by atoms with van der Waals surface area (Å²) in [6.07, 6.45) is 0.980. The molecule has 28 heavy (non-hydrogen) atoms. The first kappa shape index (κ1) is 20.2. The van der Waals surface area contributed by atoms with E-state index in [0.717, 1.165) is 4.88 Å². The fraction of sp³-hybridized carbons (Fsp3) is 0.381. The van der Waals surface area contributed by atoms with Gasteiger partial charge in [0.05, 0.1) is 10.4 Å². The number of amides is 2. The molecule has 1 saturated heterocycles. The SMILES string of the molecule is Cc1ccc(C(=O)CCC(=O)N2CCCN(C(=O)c3ccccc3F)CC2)s1. The number of hydrogen-bond donors (Lipinski definition) is 0. The third-order valence-corrected chi connectivity index (χ3v) is 5.86. The Morgan fingerprint density at radius 2 is 1.68 bits per heavy atom. The molecule has 148 valence electrons. The van der Waals surface area contributed by atoms with E-state index in [9.17, 15) is 18.8 Å². The Morgan fingerprint density at radius 3 is 2.39 bits per heavy atom. The molecule has 0 saturated carbocycles. The fourth-order valence-electron chi connectivity index (χ4n) is 3.26. The van der Waals surface area contributed by atoms with Gasteiger partial charge in [-0.1, -0.05) is 12.1 Å². The van der Waals surface area contributed by atoms with E-state index in [-0.39, 0.29) is 36.0 Å². The van der Waals surface area contributed by atoms with Crippen LogP contribution in [-0.2, 0) is 4.79 Å². The highest BCUT2D eigenvalue weighted by molar-refractivity contribution is 7.14. The Balaban J connectivity index is 1.53. The van der Waals surface area contributed by atoms with Crippen LogP contribution < -0.4 is 0 Å². The Hall–Kier alpha value is -2.54. The van der Waals surface area contributed by atoms with E-state index in [4.69, 9.17) is 0 Å². The van der Waals surface area contributed by atoms with Gasteiger partial charge in [-0.15, -0.1) is 11.3 Å². The molecule has 0 bridgehead atoms. The van der Waals surface area contributed by atoms with Crippen LogP contribution in [0.5, 0.6) is 0 Å². The van der Waals surface area contributed by atoms with Crippen molar-refractivity contribution in [2.75, 3.05) is 26.2 Å². The Morgan fingerprint density at radius 1 is 0.964 bits per heavy atom. The van der Waals surface area contributed by atoms with E-state index in [0.29, 0.717) is 37.5 Å². The topological polar surface area (TPSA) is 57.7 Å². The molecule has 0 aliphatic carbocycles. The van der Waals surface area contributed by atoms with E-state index < -0.39 is 5.82 Å². The van der Waals surface area contributed by atoms with Crippen LogP contribution in [0.2, 0.25) is 0 Å². The first-order valence-corrected chi connectivity index (χ1v) is 10.2. The van der Waals surface area contributed by atoms with E-state index in [1.807, 2.05) is 13.0 Å². The second-order valence-corrected chi connectivity index (χ2v) is 8.13. The number of hydrogen-bond acceptors (Lipinski definition) is 4.